The van der Waals surface area contributed by atoms with E-state index < -0.39 is 8.32 Å². The number of fused-ring (bicyclic) bond motifs is 2. The van der Waals surface area contributed by atoms with E-state index in [1.54, 1.807) is 0 Å². The number of carbonyl (C=O) groups is 1. The minimum Gasteiger partial charge on any atom is -0.484 e. The molecule has 57 heavy (non-hydrogen) atoms. The number of aryl methyl sites for hydroxylation is 1. The monoisotopic (exact) mass is 790 g/mol. The number of rotatable bonds is 11. The van der Waals surface area contributed by atoms with Crippen molar-refractivity contribution in [1.29, 1.82) is 0 Å². The van der Waals surface area contributed by atoms with Crippen molar-refractivity contribution in [3.63, 3.8) is 0 Å². The van der Waals surface area contributed by atoms with Gasteiger partial charge in [-0.05, 0) is 84.6 Å². The first-order valence-electron chi connectivity index (χ1n) is 20.9. The third kappa shape index (κ3) is 8.34. The zero-order chi connectivity index (χ0) is 40.6. The Balaban J connectivity index is 1.03. The van der Waals surface area contributed by atoms with E-state index in [-0.39, 0.29) is 29.7 Å². The number of amides is 2. The highest BCUT2D eigenvalue weighted by Gasteiger charge is 2.47. The predicted molar refractivity (Wildman–Crippen MR) is 231 cm³/mol. The molecule has 2 aliphatic rings. The SMILES string of the molecule is Cc1ccc(-n2nc(C(C)(C)C)cc2NC(=O)N[C@H]2CC[C@@H](Oc3ccc4nnc(N5CCC(O[Si](C(C)C)(C(C)C)C(C)C)CC5)n4c3)c3ccccc32)cc1. The second kappa shape index (κ2) is 16.3. The van der Waals surface area contributed by atoms with Gasteiger partial charge < -0.3 is 19.4 Å². The number of hydrogen-bond acceptors (Lipinski definition) is 7. The molecule has 12 heteroatoms. The molecule has 1 fully saturated rings. The fraction of sp³-hybridized carbons (Fsp3) is 0.511. The van der Waals surface area contributed by atoms with Gasteiger partial charge in [-0.25, -0.2) is 9.48 Å². The molecule has 304 valence electrons. The van der Waals surface area contributed by atoms with Crippen LogP contribution >= 0.6 is 0 Å². The van der Waals surface area contributed by atoms with E-state index in [4.69, 9.17) is 14.3 Å². The lowest BCUT2D eigenvalue weighted by molar-refractivity contribution is 0.145. The molecule has 2 atom stereocenters. The van der Waals surface area contributed by atoms with Gasteiger partial charge in [0.2, 0.25) is 14.3 Å². The standard InChI is InChI=1S/C45H62N8O3Si/c1-29(2)57(30(3)4,31(5)6)56-34-23-25-51(26-24-34)44-49-48-41-22-19-35(28-52(41)44)55-39-21-20-38(36-13-11-12-14-37(36)39)46-43(54)47-42-27-40(45(8,9)10)50-53(42)33-17-15-32(7)16-18-33/h11-19,22,27-31,34,38-39H,20-21,23-26H2,1-10H3,(H2,46,47,54)/t38-,39+/m0/s1. The minimum atomic E-state index is -1.95. The molecule has 0 bridgehead atoms. The lowest BCUT2D eigenvalue weighted by Gasteiger charge is -2.46. The van der Waals surface area contributed by atoms with E-state index in [1.807, 2.05) is 53.3 Å². The minimum absolute atomic E-state index is 0.169. The average molecular weight is 791 g/mol. The first-order valence-corrected chi connectivity index (χ1v) is 23.1. The summed E-state index contributed by atoms with van der Waals surface area (Å²) in [5.74, 6) is 2.22. The van der Waals surface area contributed by atoms with Crippen LogP contribution in [0.2, 0.25) is 16.6 Å². The molecular weight excluding hydrogens is 729 g/mol. The number of anilines is 2. The fourth-order valence-corrected chi connectivity index (χ4v) is 14.9. The lowest BCUT2D eigenvalue weighted by Crippen LogP contribution is -2.52. The summed E-state index contributed by atoms with van der Waals surface area (Å²) in [6.07, 6.45) is 5.55. The summed E-state index contributed by atoms with van der Waals surface area (Å²) in [5, 5.41) is 20.4. The molecule has 0 radical (unpaired) electrons. The molecule has 1 aliphatic carbocycles. The molecule has 3 aromatic heterocycles. The molecule has 0 spiro atoms. The Morgan fingerprint density at radius 2 is 1.51 bits per heavy atom. The van der Waals surface area contributed by atoms with Crippen LogP contribution in [-0.4, -0.2) is 57.9 Å². The third-order valence-electron chi connectivity index (χ3n) is 12.2. The highest BCUT2D eigenvalue weighted by Crippen LogP contribution is 2.44. The van der Waals surface area contributed by atoms with Gasteiger partial charge in [-0.2, -0.15) is 5.10 Å². The van der Waals surface area contributed by atoms with Gasteiger partial charge in [-0.15, -0.1) is 10.2 Å². The second-order valence-electron chi connectivity index (χ2n) is 18.1. The Kier molecular flexibility index (Phi) is 11.6. The molecule has 5 aromatic rings. The first kappa shape index (κ1) is 40.5. The van der Waals surface area contributed by atoms with Crippen molar-refractivity contribution in [3.05, 3.63) is 95.3 Å². The second-order valence-corrected chi connectivity index (χ2v) is 23.5. The summed E-state index contributed by atoms with van der Waals surface area (Å²) in [4.78, 5) is 16.0. The van der Waals surface area contributed by atoms with Crippen LogP contribution in [0.5, 0.6) is 5.75 Å². The van der Waals surface area contributed by atoms with Gasteiger partial charge in [0.05, 0.1) is 23.6 Å². The molecule has 0 unspecified atom stereocenters. The van der Waals surface area contributed by atoms with Gasteiger partial charge in [0.1, 0.15) is 17.7 Å². The van der Waals surface area contributed by atoms with E-state index in [2.05, 4.69) is 124 Å². The first-order chi connectivity index (χ1) is 27.1. The Bertz CT molecular complexity index is 2140. The number of aromatic nitrogens is 5. The fourth-order valence-electron chi connectivity index (χ4n) is 9.23. The largest absolute Gasteiger partial charge is 0.484 e. The zero-order valence-corrected chi connectivity index (χ0v) is 36.5. The van der Waals surface area contributed by atoms with Crippen molar-refractivity contribution in [2.24, 2.45) is 0 Å². The van der Waals surface area contributed by atoms with Crippen molar-refractivity contribution in [2.75, 3.05) is 23.3 Å². The van der Waals surface area contributed by atoms with E-state index in [9.17, 15) is 4.79 Å². The summed E-state index contributed by atoms with van der Waals surface area (Å²) in [6, 6.07) is 21.9. The molecular formula is C45H62N8O3Si. The number of piperidine rings is 1. The number of carbonyl (C=O) groups excluding carboxylic acids is 1. The van der Waals surface area contributed by atoms with Gasteiger partial charge >= 0.3 is 6.03 Å². The number of pyridine rings is 1. The van der Waals surface area contributed by atoms with E-state index >= 15 is 0 Å². The van der Waals surface area contributed by atoms with E-state index in [0.717, 1.165) is 84.2 Å². The van der Waals surface area contributed by atoms with Gasteiger partial charge in [0, 0.05) is 30.7 Å². The Morgan fingerprint density at radius 1 is 0.842 bits per heavy atom. The Hall–Kier alpha value is -4.68. The van der Waals surface area contributed by atoms with Crippen LogP contribution in [0, 0.1) is 6.92 Å². The van der Waals surface area contributed by atoms with Crippen molar-refractivity contribution in [2.45, 2.75) is 135 Å². The topological polar surface area (TPSA) is 111 Å². The molecule has 1 saturated heterocycles. The molecule has 4 heterocycles. The van der Waals surface area contributed by atoms with Crippen LogP contribution in [-0.2, 0) is 9.84 Å². The number of nitrogens with one attached hydrogen (secondary N) is 2. The maximum Gasteiger partial charge on any atom is 0.320 e. The molecule has 2 N–H and O–H groups in total. The van der Waals surface area contributed by atoms with Gasteiger partial charge in [-0.1, -0.05) is 104 Å². The number of urea groups is 1. The molecule has 2 amide bonds. The van der Waals surface area contributed by atoms with Crippen LogP contribution in [0.25, 0.3) is 11.3 Å². The van der Waals surface area contributed by atoms with Crippen molar-refractivity contribution >= 4 is 31.8 Å². The van der Waals surface area contributed by atoms with Gasteiger partial charge in [0.25, 0.3) is 0 Å². The molecule has 1 aliphatic heterocycles. The smallest absolute Gasteiger partial charge is 0.320 e. The normalized spacial score (nSPS) is 18.1. The maximum absolute atomic E-state index is 13.7. The third-order valence-corrected chi connectivity index (χ3v) is 18.3. The van der Waals surface area contributed by atoms with Crippen LogP contribution < -0.4 is 20.3 Å². The Morgan fingerprint density at radius 3 is 2.16 bits per heavy atom. The number of benzene rings is 2. The number of ether oxygens (including phenoxy) is 1. The van der Waals surface area contributed by atoms with Crippen LogP contribution in [0.1, 0.15) is 123 Å². The predicted octanol–water partition coefficient (Wildman–Crippen LogP) is 10.5. The summed E-state index contributed by atoms with van der Waals surface area (Å²) in [5.41, 5.74) is 7.40. The molecule has 11 nitrogen and oxygen atoms in total. The highest BCUT2D eigenvalue weighted by atomic mass is 28.4. The molecule has 0 saturated carbocycles. The van der Waals surface area contributed by atoms with Crippen LogP contribution in [0.4, 0.5) is 16.6 Å². The van der Waals surface area contributed by atoms with Crippen molar-refractivity contribution in [3.8, 4) is 11.4 Å². The van der Waals surface area contributed by atoms with Crippen LogP contribution in [0.15, 0.2) is 72.9 Å². The van der Waals surface area contributed by atoms with Gasteiger partial charge in [0.15, 0.2) is 5.65 Å². The Labute approximate surface area is 339 Å². The van der Waals surface area contributed by atoms with E-state index in [1.165, 1.54) is 0 Å². The van der Waals surface area contributed by atoms with Crippen molar-refractivity contribution < 1.29 is 14.0 Å². The quantitative estimate of drug-likeness (QED) is 0.128. The van der Waals surface area contributed by atoms with Gasteiger partial charge in [-0.3, -0.25) is 9.72 Å². The summed E-state index contributed by atoms with van der Waals surface area (Å²) in [6.45, 7) is 24.3. The van der Waals surface area contributed by atoms with Crippen molar-refractivity contribution in [1.82, 2.24) is 29.7 Å². The number of nitrogens with zero attached hydrogens (tertiary/aromatic N) is 6. The summed E-state index contributed by atoms with van der Waals surface area (Å²) < 4.78 is 17.8. The van der Waals surface area contributed by atoms with Crippen LogP contribution in [0.3, 0.4) is 0 Å². The zero-order valence-electron chi connectivity index (χ0n) is 35.5. The lowest BCUT2D eigenvalue weighted by atomic mass is 9.85. The molecule has 7 rings (SSSR count). The molecule has 2 aromatic carbocycles. The van der Waals surface area contributed by atoms with E-state index in [0.29, 0.717) is 22.4 Å². The average Bonchev–Trinajstić information content (AvgIpc) is 3.79. The summed E-state index contributed by atoms with van der Waals surface area (Å²) in [7, 11) is -1.95. The summed E-state index contributed by atoms with van der Waals surface area (Å²) >= 11 is 0. The maximum atomic E-state index is 13.7. The highest BCUT2D eigenvalue weighted by molar-refractivity contribution is 6.77. The number of hydrogen-bond donors (Lipinski definition) is 2.